The Hall–Kier alpha value is -0.930. The van der Waals surface area contributed by atoms with E-state index in [2.05, 4.69) is 53.0 Å². The highest BCUT2D eigenvalue weighted by molar-refractivity contribution is 7.80. The van der Waals surface area contributed by atoms with Crippen LogP contribution >= 0.6 is 12.6 Å². The van der Waals surface area contributed by atoms with Crippen molar-refractivity contribution in [3.05, 3.63) is 36.0 Å². The molecule has 0 atom stereocenters. The Morgan fingerprint density at radius 3 is 2.78 bits per heavy atom. The molecule has 0 amide bonds. The molecule has 0 aliphatic carbocycles. The van der Waals surface area contributed by atoms with Gasteiger partial charge in [-0.25, -0.2) is 0 Å². The van der Waals surface area contributed by atoms with Crippen LogP contribution in [0.3, 0.4) is 0 Å². The van der Waals surface area contributed by atoms with Crippen molar-refractivity contribution >= 4 is 23.5 Å². The molecule has 0 radical (unpaired) electrons. The van der Waals surface area contributed by atoms with Gasteiger partial charge >= 0.3 is 0 Å². The first kappa shape index (κ1) is 12.1. The minimum absolute atomic E-state index is 0.720. The van der Waals surface area contributed by atoms with Crippen molar-refractivity contribution in [3.63, 3.8) is 0 Å². The molecule has 0 spiro atoms. The predicted molar refractivity (Wildman–Crippen MR) is 80.6 cm³/mol. The molecule has 0 bridgehead atoms. The first-order valence-electron chi connectivity index (χ1n) is 6.77. The minimum Gasteiger partial charge on any atom is -0.361 e. The Kier molecular flexibility index (Phi) is 3.62. The van der Waals surface area contributed by atoms with Gasteiger partial charge in [0.05, 0.1) is 0 Å². The van der Waals surface area contributed by atoms with Crippen molar-refractivity contribution < 1.29 is 0 Å². The molecule has 2 heterocycles. The summed E-state index contributed by atoms with van der Waals surface area (Å²) in [5, 5.41) is 1.41. The lowest BCUT2D eigenvalue weighted by Gasteiger charge is -2.31. The van der Waals surface area contributed by atoms with Crippen LogP contribution in [0.5, 0.6) is 0 Å². The summed E-state index contributed by atoms with van der Waals surface area (Å²) < 4.78 is 0. The Balaban J connectivity index is 1.76. The number of hydrogen-bond donors (Lipinski definition) is 2. The molecule has 2 nitrogen and oxygen atoms in total. The number of aromatic amines is 1. The van der Waals surface area contributed by atoms with Crippen molar-refractivity contribution in [1.29, 1.82) is 0 Å². The molecule has 1 aliphatic rings. The van der Waals surface area contributed by atoms with Gasteiger partial charge in [-0.1, -0.05) is 18.2 Å². The molecule has 0 unspecified atom stereocenters. The Morgan fingerprint density at radius 2 is 2.00 bits per heavy atom. The molecule has 1 fully saturated rings. The maximum Gasteiger partial charge on any atom is 0.0456 e. The van der Waals surface area contributed by atoms with Gasteiger partial charge in [0.2, 0.25) is 0 Å². The van der Waals surface area contributed by atoms with Crippen LogP contribution in [-0.2, 0) is 0 Å². The highest BCUT2D eigenvalue weighted by Crippen LogP contribution is 2.32. The van der Waals surface area contributed by atoms with Gasteiger partial charge in [-0.3, -0.25) is 0 Å². The molecule has 3 heteroatoms. The number of piperidine rings is 1. The van der Waals surface area contributed by atoms with Gasteiger partial charge in [-0.2, -0.15) is 12.6 Å². The van der Waals surface area contributed by atoms with Gasteiger partial charge in [0, 0.05) is 29.4 Å². The summed E-state index contributed by atoms with van der Waals surface area (Å²) in [7, 11) is 0. The van der Waals surface area contributed by atoms with Crippen molar-refractivity contribution in [2.24, 2.45) is 0 Å². The molecule has 1 aromatic heterocycles. The maximum absolute atomic E-state index is 4.31. The van der Waals surface area contributed by atoms with Crippen molar-refractivity contribution in [2.45, 2.75) is 18.8 Å². The number of rotatable bonds is 3. The third-order valence-corrected chi connectivity index (χ3v) is 4.26. The summed E-state index contributed by atoms with van der Waals surface area (Å²) in [4.78, 5) is 5.92. The average molecular weight is 260 g/mol. The van der Waals surface area contributed by atoms with Crippen molar-refractivity contribution in [1.82, 2.24) is 9.88 Å². The lowest BCUT2D eigenvalue weighted by Crippen LogP contribution is -2.34. The number of nitrogens with one attached hydrogen (secondary N) is 1. The topological polar surface area (TPSA) is 19.0 Å². The Labute approximate surface area is 114 Å². The summed E-state index contributed by atoms with van der Waals surface area (Å²) in [6.45, 7) is 3.55. The normalized spacial score (nSPS) is 18.5. The van der Waals surface area contributed by atoms with Crippen LogP contribution < -0.4 is 0 Å². The minimum atomic E-state index is 0.720. The van der Waals surface area contributed by atoms with E-state index in [9.17, 15) is 0 Å². The quantitative estimate of drug-likeness (QED) is 0.811. The van der Waals surface area contributed by atoms with Gasteiger partial charge in [-0.15, -0.1) is 0 Å². The standard InChI is InChI=1S/C15H20N2S/c18-10-9-17-7-5-12(6-8-17)14-11-16-15-4-2-1-3-13(14)15/h1-4,11-12,16,18H,5-10H2. The van der Waals surface area contributed by atoms with Crippen LogP contribution in [0.15, 0.2) is 30.5 Å². The third kappa shape index (κ3) is 2.29. The van der Waals surface area contributed by atoms with Crippen LogP contribution in [0.4, 0.5) is 0 Å². The average Bonchev–Trinajstić information content (AvgIpc) is 2.84. The number of nitrogens with zero attached hydrogens (tertiary/aromatic N) is 1. The fraction of sp³-hybridized carbons (Fsp3) is 0.467. The van der Waals surface area contributed by atoms with Crippen molar-refractivity contribution in [2.75, 3.05) is 25.4 Å². The predicted octanol–water partition coefficient (Wildman–Crippen LogP) is 3.28. The van der Waals surface area contributed by atoms with E-state index in [1.54, 1.807) is 0 Å². The summed E-state index contributed by atoms with van der Waals surface area (Å²) in [5.74, 6) is 1.69. The number of fused-ring (bicyclic) bond motifs is 1. The second-order valence-corrected chi connectivity index (χ2v) is 5.58. The monoisotopic (exact) mass is 260 g/mol. The molecule has 1 saturated heterocycles. The highest BCUT2D eigenvalue weighted by Gasteiger charge is 2.22. The second-order valence-electron chi connectivity index (χ2n) is 5.13. The van der Waals surface area contributed by atoms with Gasteiger partial charge in [0.25, 0.3) is 0 Å². The van der Waals surface area contributed by atoms with E-state index < -0.39 is 0 Å². The van der Waals surface area contributed by atoms with Crippen LogP contribution in [0.1, 0.15) is 24.3 Å². The summed E-state index contributed by atoms with van der Waals surface area (Å²) in [5.41, 5.74) is 2.78. The second kappa shape index (κ2) is 5.37. The Morgan fingerprint density at radius 1 is 1.22 bits per heavy atom. The number of para-hydroxylation sites is 1. The molecule has 1 aliphatic heterocycles. The number of hydrogen-bond acceptors (Lipinski definition) is 2. The molecule has 96 valence electrons. The van der Waals surface area contributed by atoms with Crippen LogP contribution in [-0.4, -0.2) is 35.3 Å². The molecule has 3 rings (SSSR count). The van der Waals surface area contributed by atoms with Crippen LogP contribution in [0, 0.1) is 0 Å². The van der Waals surface area contributed by atoms with E-state index in [4.69, 9.17) is 0 Å². The Bertz CT molecular complexity index is 512. The third-order valence-electron chi connectivity index (χ3n) is 4.06. The van der Waals surface area contributed by atoms with Gasteiger partial charge in [0.1, 0.15) is 0 Å². The van der Waals surface area contributed by atoms with Crippen LogP contribution in [0.25, 0.3) is 10.9 Å². The van der Waals surface area contributed by atoms with E-state index in [1.165, 1.54) is 42.4 Å². The summed E-state index contributed by atoms with van der Waals surface area (Å²) in [6, 6.07) is 8.63. The van der Waals surface area contributed by atoms with Gasteiger partial charge < -0.3 is 9.88 Å². The molecule has 0 saturated carbocycles. The number of aromatic nitrogens is 1. The molecule has 1 aromatic carbocycles. The first-order valence-corrected chi connectivity index (χ1v) is 7.41. The molecule has 2 aromatic rings. The summed E-state index contributed by atoms with van der Waals surface area (Å²) in [6.07, 6.45) is 4.76. The maximum atomic E-state index is 4.31. The van der Waals surface area contributed by atoms with E-state index in [-0.39, 0.29) is 0 Å². The van der Waals surface area contributed by atoms with E-state index in [0.29, 0.717) is 0 Å². The van der Waals surface area contributed by atoms with Crippen molar-refractivity contribution in [3.8, 4) is 0 Å². The van der Waals surface area contributed by atoms with E-state index >= 15 is 0 Å². The zero-order valence-corrected chi connectivity index (χ0v) is 11.5. The van der Waals surface area contributed by atoms with E-state index in [0.717, 1.165) is 18.2 Å². The highest BCUT2D eigenvalue weighted by atomic mass is 32.1. The lowest BCUT2D eigenvalue weighted by molar-refractivity contribution is 0.225. The van der Waals surface area contributed by atoms with Gasteiger partial charge in [-0.05, 0) is 43.5 Å². The number of thiol groups is 1. The molecule has 18 heavy (non-hydrogen) atoms. The fourth-order valence-electron chi connectivity index (χ4n) is 3.04. The largest absolute Gasteiger partial charge is 0.361 e. The molecular formula is C15H20N2S. The number of likely N-dealkylation sites (tertiary alicyclic amines) is 1. The van der Waals surface area contributed by atoms with E-state index in [1.807, 2.05) is 0 Å². The lowest BCUT2D eigenvalue weighted by atomic mass is 9.89. The zero-order valence-electron chi connectivity index (χ0n) is 10.6. The zero-order chi connectivity index (χ0) is 12.4. The fourth-order valence-corrected chi connectivity index (χ4v) is 3.32. The molecular weight excluding hydrogens is 240 g/mol. The smallest absolute Gasteiger partial charge is 0.0456 e. The number of H-pyrrole nitrogens is 1. The summed E-state index contributed by atoms with van der Waals surface area (Å²) >= 11 is 4.31. The number of benzene rings is 1. The molecule has 1 N–H and O–H groups in total. The van der Waals surface area contributed by atoms with Crippen LogP contribution in [0.2, 0.25) is 0 Å². The SMILES string of the molecule is SCCN1CCC(c2c[nH]c3ccccc23)CC1. The first-order chi connectivity index (χ1) is 8.88. The van der Waals surface area contributed by atoms with Gasteiger partial charge in [0.15, 0.2) is 0 Å².